The summed E-state index contributed by atoms with van der Waals surface area (Å²) in [5, 5.41) is 7.37. The molecule has 1 spiro atoms. The molecule has 316 valence electrons. The lowest BCUT2D eigenvalue weighted by Crippen LogP contribution is -2.26. The van der Waals surface area contributed by atoms with Crippen LogP contribution in [0.4, 0.5) is 17.1 Å². The summed E-state index contributed by atoms with van der Waals surface area (Å²) in [6, 6.07) is 92.5. The highest BCUT2D eigenvalue weighted by Crippen LogP contribution is 2.64. The first kappa shape index (κ1) is 37.3. The molecule has 2 aliphatic rings. The van der Waals surface area contributed by atoms with Crippen LogP contribution in [0.2, 0.25) is 0 Å². The van der Waals surface area contributed by atoms with Gasteiger partial charge in [0.2, 0.25) is 0 Å². The summed E-state index contributed by atoms with van der Waals surface area (Å²) in [4.78, 5) is 2.54. The largest absolute Gasteiger partial charge is 0.310 e. The fraction of sp³-hybridized carbons (Fsp3) is 0.0154. The molecule has 3 nitrogen and oxygen atoms in total. The molecule has 0 N–H and O–H groups in total. The van der Waals surface area contributed by atoms with Crippen LogP contribution in [0.5, 0.6) is 0 Å². The van der Waals surface area contributed by atoms with Crippen LogP contribution < -0.4 is 4.90 Å². The first-order valence-electron chi connectivity index (χ1n) is 23.6. The first-order chi connectivity index (χ1) is 33.8. The molecule has 0 fully saturated rings. The summed E-state index contributed by atoms with van der Waals surface area (Å²) in [7, 11) is 0. The lowest BCUT2D eigenvalue weighted by atomic mass is 9.70. The third-order valence-electron chi connectivity index (χ3n) is 15.1. The molecule has 15 rings (SSSR count). The lowest BCUT2D eigenvalue weighted by molar-refractivity contribution is 0.794. The zero-order valence-electron chi connectivity index (χ0n) is 37.0. The van der Waals surface area contributed by atoms with E-state index in [1.807, 2.05) is 0 Å². The number of fused-ring (bicyclic) bond motifs is 17. The molecule has 0 saturated heterocycles. The van der Waals surface area contributed by atoms with Crippen LogP contribution in [0.15, 0.2) is 249 Å². The van der Waals surface area contributed by atoms with E-state index in [-0.39, 0.29) is 0 Å². The van der Waals surface area contributed by atoms with Crippen molar-refractivity contribution in [2.75, 3.05) is 4.90 Å². The van der Waals surface area contributed by atoms with Gasteiger partial charge in [-0.3, -0.25) is 0 Å². The molecule has 0 atom stereocenters. The molecule has 2 heterocycles. The number of nitrogens with zero attached hydrogens (tertiary/aromatic N) is 3. The van der Waals surface area contributed by atoms with Crippen molar-refractivity contribution >= 4 is 71.4 Å². The SMILES string of the molecule is c1ccc(-n2c3ccccc3c3ccc(N(c4ccc5c6ccccc6n(-c6ccc7ccccc7c6)c5c4)c4cccc5c4-c4ccccc4C54c5ccccc5-c5ccccc54)cc32)cc1. The molecule has 0 aliphatic heterocycles. The fourth-order valence-corrected chi connectivity index (χ4v) is 12.4. The Morgan fingerprint density at radius 3 is 1.43 bits per heavy atom. The fourth-order valence-electron chi connectivity index (χ4n) is 12.4. The van der Waals surface area contributed by atoms with E-state index in [4.69, 9.17) is 0 Å². The molecule has 2 aliphatic carbocycles. The number of para-hydroxylation sites is 3. The Morgan fingerprint density at radius 1 is 0.294 bits per heavy atom. The van der Waals surface area contributed by atoms with Gasteiger partial charge in [-0.15, -0.1) is 0 Å². The van der Waals surface area contributed by atoms with Crippen LogP contribution >= 0.6 is 0 Å². The van der Waals surface area contributed by atoms with Crippen molar-refractivity contribution in [3.8, 4) is 33.6 Å². The Kier molecular flexibility index (Phi) is 7.71. The van der Waals surface area contributed by atoms with Gasteiger partial charge >= 0.3 is 0 Å². The van der Waals surface area contributed by atoms with Crippen LogP contribution in [0, 0.1) is 0 Å². The zero-order valence-corrected chi connectivity index (χ0v) is 37.0. The quantitative estimate of drug-likeness (QED) is 0.168. The molecule has 0 saturated carbocycles. The van der Waals surface area contributed by atoms with Crippen molar-refractivity contribution in [2.45, 2.75) is 5.41 Å². The van der Waals surface area contributed by atoms with Crippen LogP contribution in [0.3, 0.4) is 0 Å². The highest BCUT2D eigenvalue weighted by molar-refractivity contribution is 6.13. The average molecular weight is 864 g/mol. The molecular formula is C65H41N3. The number of rotatable bonds is 5. The molecule has 0 amide bonds. The van der Waals surface area contributed by atoms with Gasteiger partial charge in [0, 0.05) is 49.9 Å². The van der Waals surface area contributed by atoms with Gasteiger partial charge in [0.1, 0.15) is 0 Å². The molecule has 11 aromatic carbocycles. The van der Waals surface area contributed by atoms with Gasteiger partial charge in [0.25, 0.3) is 0 Å². The Balaban J connectivity index is 1.05. The van der Waals surface area contributed by atoms with Crippen molar-refractivity contribution in [3.05, 3.63) is 271 Å². The monoisotopic (exact) mass is 863 g/mol. The maximum absolute atomic E-state index is 2.54. The van der Waals surface area contributed by atoms with Gasteiger partial charge < -0.3 is 14.0 Å². The number of hydrogen-bond donors (Lipinski definition) is 0. The van der Waals surface area contributed by atoms with E-state index in [0.717, 1.165) is 39.5 Å². The van der Waals surface area contributed by atoms with E-state index < -0.39 is 5.41 Å². The third kappa shape index (κ3) is 4.97. The molecule has 68 heavy (non-hydrogen) atoms. The summed E-state index contributed by atoms with van der Waals surface area (Å²) in [6.45, 7) is 0. The van der Waals surface area contributed by atoms with E-state index in [1.54, 1.807) is 0 Å². The van der Waals surface area contributed by atoms with Gasteiger partial charge in [-0.1, -0.05) is 182 Å². The van der Waals surface area contributed by atoms with Gasteiger partial charge in [-0.05, 0) is 116 Å². The second-order valence-corrected chi connectivity index (χ2v) is 18.4. The Labute approximate surface area is 393 Å². The van der Waals surface area contributed by atoms with E-state index in [9.17, 15) is 0 Å². The van der Waals surface area contributed by atoms with Crippen molar-refractivity contribution in [1.82, 2.24) is 9.13 Å². The minimum absolute atomic E-state index is 0.475. The van der Waals surface area contributed by atoms with E-state index in [1.165, 1.54) is 87.9 Å². The molecule has 0 radical (unpaired) electrons. The van der Waals surface area contributed by atoms with Crippen molar-refractivity contribution < 1.29 is 0 Å². The summed E-state index contributed by atoms with van der Waals surface area (Å²) >= 11 is 0. The van der Waals surface area contributed by atoms with Crippen molar-refractivity contribution in [1.29, 1.82) is 0 Å². The molecule has 3 heteroatoms. The molecule has 13 aromatic rings. The van der Waals surface area contributed by atoms with E-state index in [0.29, 0.717) is 0 Å². The van der Waals surface area contributed by atoms with Gasteiger partial charge in [0.15, 0.2) is 0 Å². The Hall–Kier alpha value is -8.92. The summed E-state index contributed by atoms with van der Waals surface area (Å²) in [5.74, 6) is 0. The predicted molar refractivity (Wildman–Crippen MR) is 284 cm³/mol. The molecule has 2 aromatic heterocycles. The lowest BCUT2D eigenvalue weighted by Gasteiger charge is -2.32. The van der Waals surface area contributed by atoms with Gasteiger partial charge in [-0.25, -0.2) is 0 Å². The van der Waals surface area contributed by atoms with Crippen LogP contribution in [0.25, 0.3) is 88.0 Å². The molecule has 0 bridgehead atoms. The van der Waals surface area contributed by atoms with E-state index >= 15 is 0 Å². The van der Waals surface area contributed by atoms with E-state index in [2.05, 4.69) is 263 Å². The first-order valence-corrected chi connectivity index (χ1v) is 23.6. The second-order valence-electron chi connectivity index (χ2n) is 18.4. The van der Waals surface area contributed by atoms with Crippen LogP contribution in [-0.2, 0) is 5.41 Å². The van der Waals surface area contributed by atoms with Crippen LogP contribution in [-0.4, -0.2) is 9.13 Å². The summed E-state index contributed by atoms with van der Waals surface area (Å²) in [6.07, 6.45) is 0. The Bertz CT molecular complexity index is 4180. The number of benzene rings is 11. The highest BCUT2D eigenvalue weighted by Gasteiger charge is 2.52. The molecular weight excluding hydrogens is 823 g/mol. The second kappa shape index (κ2) is 14.0. The van der Waals surface area contributed by atoms with Crippen molar-refractivity contribution in [2.24, 2.45) is 0 Å². The maximum atomic E-state index is 2.54. The van der Waals surface area contributed by atoms with Crippen molar-refractivity contribution in [3.63, 3.8) is 0 Å². The van der Waals surface area contributed by atoms with Gasteiger partial charge in [0.05, 0.1) is 33.2 Å². The normalized spacial score (nSPS) is 13.1. The number of aromatic nitrogens is 2. The summed E-state index contributed by atoms with van der Waals surface area (Å²) < 4.78 is 4.89. The minimum atomic E-state index is -0.475. The topological polar surface area (TPSA) is 13.1 Å². The Morgan fingerprint density at radius 2 is 0.779 bits per heavy atom. The predicted octanol–water partition coefficient (Wildman–Crippen LogP) is 16.8. The summed E-state index contributed by atoms with van der Waals surface area (Å²) in [5.41, 5.74) is 20.3. The van der Waals surface area contributed by atoms with Gasteiger partial charge in [-0.2, -0.15) is 0 Å². The highest BCUT2D eigenvalue weighted by atomic mass is 15.2. The minimum Gasteiger partial charge on any atom is -0.310 e. The molecule has 0 unspecified atom stereocenters. The standard InChI is InChI=1S/C65H41N3/c1-2-19-44(20-3-1)67-59-30-14-9-23-50(59)52-37-35-46(40-62(52)67)66(47-36-38-53-51-24-10-15-31-60(51)68(63(53)41-47)45-34-33-42-17-4-5-18-43(42)39-45)61-32-16-29-58-64(61)54-25-8-13-28-57(54)65(58)55-26-11-6-21-48(55)49-22-7-12-27-56(49)65/h1-41H. The van der Waals surface area contributed by atoms with Crippen LogP contribution in [0.1, 0.15) is 22.3 Å². The average Bonchev–Trinajstić information content (AvgIpc) is 4.11. The number of anilines is 3. The third-order valence-corrected chi connectivity index (χ3v) is 15.1. The number of hydrogen-bond acceptors (Lipinski definition) is 1. The smallest absolute Gasteiger partial charge is 0.0726 e. The maximum Gasteiger partial charge on any atom is 0.0726 e. The zero-order chi connectivity index (χ0) is 44.5.